The zero-order valence-electron chi connectivity index (χ0n) is 13.1. The van der Waals surface area contributed by atoms with Crippen LogP contribution in [0.2, 0.25) is 0 Å². The molecule has 0 N–H and O–H groups in total. The summed E-state index contributed by atoms with van der Waals surface area (Å²) in [4.78, 5) is 20.4. The fraction of sp³-hybridized carbons (Fsp3) is 0.625. The number of piperazine rings is 1. The van der Waals surface area contributed by atoms with E-state index in [4.69, 9.17) is 0 Å². The maximum absolute atomic E-state index is 12.7. The van der Waals surface area contributed by atoms with Crippen molar-refractivity contribution < 1.29 is 18.0 Å². The highest BCUT2D eigenvalue weighted by Gasteiger charge is 2.35. The summed E-state index contributed by atoms with van der Waals surface area (Å²) in [6.45, 7) is 4.64. The first-order valence-electron chi connectivity index (χ1n) is 7.94. The van der Waals surface area contributed by atoms with Crippen molar-refractivity contribution in [2.24, 2.45) is 0 Å². The van der Waals surface area contributed by atoms with Crippen molar-refractivity contribution in [1.29, 1.82) is 0 Å². The van der Waals surface area contributed by atoms with Gasteiger partial charge >= 0.3 is 6.18 Å². The van der Waals surface area contributed by atoms with Gasteiger partial charge in [0, 0.05) is 25.7 Å². The highest BCUT2D eigenvalue weighted by Crippen LogP contribution is 2.29. The Morgan fingerprint density at radius 2 is 2.00 bits per heavy atom. The molecule has 0 saturated carbocycles. The van der Waals surface area contributed by atoms with E-state index in [1.54, 1.807) is 4.90 Å². The van der Waals surface area contributed by atoms with E-state index in [-0.39, 0.29) is 17.2 Å². The van der Waals surface area contributed by atoms with Crippen LogP contribution in [-0.4, -0.2) is 52.9 Å². The number of alkyl halides is 3. The number of piperidine rings is 1. The second-order valence-corrected chi connectivity index (χ2v) is 6.26. The molecule has 0 aromatic carbocycles. The van der Waals surface area contributed by atoms with Crippen LogP contribution in [0.4, 0.5) is 13.2 Å². The fourth-order valence-corrected chi connectivity index (χ4v) is 3.46. The summed E-state index contributed by atoms with van der Waals surface area (Å²) >= 11 is 0. The SMILES string of the molecule is Cc1nc(C(F)(F)F)ccc1C(=O)N1CCN2CCCCC2C1. The molecule has 7 heteroatoms. The number of carbonyl (C=O) groups excluding carboxylic acids is 1. The van der Waals surface area contributed by atoms with Crippen LogP contribution in [0.15, 0.2) is 12.1 Å². The Morgan fingerprint density at radius 3 is 2.70 bits per heavy atom. The van der Waals surface area contributed by atoms with E-state index in [9.17, 15) is 18.0 Å². The van der Waals surface area contributed by atoms with E-state index in [1.165, 1.54) is 25.8 Å². The van der Waals surface area contributed by atoms with Crippen LogP contribution in [-0.2, 0) is 6.18 Å². The smallest absolute Gasteiger partial charge is 0.336 e. The summed E-state index contributed by atoms with van der Waals surface area (Å²) in [5.74, 6) is -0.214. The van der Waals surface area contributed by atoms with Crippen LogP contribution in [0, 0.1) is 6.92 Å². The number of aromatic nitrogens is 1. The first kappa shape index (κ1) is 16.2. The Hall–Kier alpha value is -1.63. The van der Waals surface area contributed by atoms with Crippen molar-refractivity contribution in [3.8, 4) is 0 Å². The molecule has 4 nitrogen and oxygen atoms in total. The van der Waals surface area contributed by atoms with E-state index in [1.807, 2.05) is 0 Å². The third-order valence-electron chi connectivity index (χ3n) is 4.73. The summed E-state index contributed by atoms with van der Waals surface area (Å²) < 4.78 is 38.0. The fourth-order valence-electron chi connectivity index (χ4n) is 3.46. The number of halogens is 3. The lowest BCUT2D eigenvalue weighted by Crippen LogP contribution is -2.56. The van der Waals surface area contributed by atoms with E-state index >= 15 is 0 Å². The molecular formula is C16H20F3N3O. The molecular weight excluding hydrogens is 307 g/mol. The highest BCUT2D eigenvalue weighted by molar-refractivity contribution is 5.95. The molecule has 2 saturated heterocycles. The van der Waals surface area contributed by atoms with E-state index < -0.39 is 11.9 Å². The molecule has 1 atom stereocenters. The molecule has 23 heavy (non-hydrogen) atoms. The summed E-state index contributed by atoms with van der Waals surface area (Å²) in [5.41, 5.74) is -0.554. The summed E-state index contributed by atoms with van der Waals surface area (Å²) in [5, 5.41) is 0. The van der Waals surface area contributed by atoms with Gasteiger partial charge in [-0.15, -0.1) is 0 Å². The van der Waals surface area contributed by atoms with Crippen molar-refractivity contribution >= 4 is 5.91 Å². The molecule has 0 aliphatic carbocycles. The first-order chi connectivity index (χ1) is 10.9. The summed E-state index contributed by atoms with van der Waals surface area (Å²) in [6.07, 6.45) is -1.04. The zero-order chi connectivity index (χ0) is 16.6. The van der Waals surface area contributed by atoms with Gasteiger partial charge in [0.05, 0.1) is 11.3 Å². The minimum absolute atomic E-state index is 0.135. The number of hydrogen-bond acceptors (Lipinski definition) is 3. The van der Waals surface area contributed by atoms with Gasteiger partial charge < -0.3 is 4.90 Å². The Morgan fingerprint density at radius 1 is 1.22 bits per heavy atom. The quantitative estimate of drug-likeness (QED) is 0.796. The minimum Gasteiger partial charge on any atom is -0.336 e. The van der Waals surface area contributed by atoms with E-state index in [0.717, 1.165) is 25.6 Å². The predicted molar refractivity (Wildman–Crippen MR) is 79.1 cm³/mol. The maximum Gasteiger partial charge on any atom is 0.433 e. The van der Waals surface area contributed by atoms with E-state index in [0.29, 0.717) is 19.1 Å². The van der Waals surface area contributed by atoms with Gasteiger partial charge in [-0.25, -0.2) is 4.98 Å². The van der Waals surface area contributed by atoms with Crippen LogP contribution < -0.4 is 0 Å². The number of carbonyl (C=O) groups is 1. The van der Waals surface area contributed by atoms with Crippen LogP contribution >= 0.6 is 0 Å². The molecule has 126 valence electrons. The lowest BCUT2D eigenvalue weighted by atomic mass is 9.99. The van der Waals surface area contributed by atoms with Crippen LogP contribution in [0.3, 0.4) is 0 Å². The average molecular weight is 327 g/mol. The minimum atomic E-state index is -4.49. The van der Waals surface area contributed by atoms with Crippen LogP contribution in [0.5, 0.6) is 0 Å². The molecule has 0 spiro atoms. The van der Waals surface area contributed by atoms with Crippen LogP contribution in [0.1, 0.15) is 41.0 Å². The molecule has 0 radical (unpaired) electrons. The van der Waals surface area contributed by atoms with Gasteiger partial charge in [0.1, 0.15) is 5.69 Å². The number of rotatable bonds is 1. The molecule has 2 fully saturated rings. The summed E-state index contributed by atoms with van der Waals surface area (Å²) in [7, 11) is 0. The van der Waals surface area contributed by atoms with Gasteiger partial charge in [0.15, 0.2) is 0 Å². The molecule has 3 rings (SSSR count). The zero-order valence-corrected chi connectivity index (χ0v) is 13.1. The highest BCUT2D eigenvalue weighted by atomic mass is 19.4. The molecule has 1 aromatic heterocycles. The molecule has 1 amide bonds. The van der Waals surface area contributed by atoms with E-state index in [2.05, 4.69) is 9.88 Å². The van der Waals surface area contributed by atoms with Gasteiger partial charge in [-0.2, -0.15) is 13.2 Å². The molecule has 0 bridgehead atoms. The standard InChI is InChI=1S/C16H20F3N3O/c1-11-13(5-6-14(20-11)16(17,18)19)15(23)22-9-8-21-7-3-2-4-12(21)10-22/h5-6,12H,2-4,7-10H2,1H3. The van der Waals surface area contributed by atoms with Crippen LogP contribution in [0.25, 0.3) is 0 Å². The monoisotopic (exact) mass is 327 g/mol. The Balaban J connectivity index is 1.75. The van der Waals surface area contributed by atoms with Crippen molar-refractivity contribution in [2.75, 3.05) is 26.2 Å². The maximum atomic E-state index is 12.7. The third kappa shape index (κ3) is 3.34. The van der Waals surface area contributed by atoms with Gasteiger partial charge in [0.2, 0.25) is 0 Å². The average Bonchev–Trinajstić information content (AvgIpc) is 2.53. The van der Waals surface area contributed by atoms with Gasteiger partial charge in [-0.05, 0) is 38.4 Å². The van der Waals surface area contributed by atoms with Crippen molar-refractivity contribution in [3.05, 3.63) is 29.1 Å². The van der Waals surface area contributed by atoms with Crippen molar-refractivity contribution in [1.82, 2.24) is 14.8 Å². The number of fused-ring (bicyclic) bond motifs is 1. The number of nitrogens with zero attached hydrogens (tertiary/aromatic N) is 3. The number of aryl methyl sites for hydroxylation is 1. The second-order valence-electron chi connectivity index (χ2n) is 6.26. The Labute approximate surface area is 133 Å². The molecule has 1 aromatic rings. The molecule has 1 unspecified atom stereocenters. The third-order valence-corrected chi connectivity index (χ3v) is 4.73. The number of hydrogen-bond donors (Lipinski definition) is 0. The number of amides is 1. The van der Waals surface area contributed by atoms with Gasteiger partial charge in [0.25, 0.3) is 5.91 Å². The number of pyridine rings is 1. The Kier molecular flexibility index (Phi) is 4.31. The normalized spacial score (nSPS) is 22.8. The lowest BCUT2D eigenvalue weighted by molar-refractivity contribution is -0.141. The molecule has 2 aliphatic heterocycles. The largest absolute Gasteiger partial charge is 0.433 e. The lowest BCUT2D eigenvalue weighted by Gasteiger charge is -2.44. The van der Waals surface area contributed by atoms with Crippen molar-refractivity contribution in [2.45, 2.75) is 38.4 Å². The summed E-state index contributed by atoms with van der Waals surface area (Å²) in [6, 6.07) is 2.52. The predicted octanol–water partition coefficient (Wildman–Crippen LogP) is 2.72. The van der Waals surface area contributed by atoms with Gasteiger partial charge in [-0.1, -0.05) is 6.42 Å². The molecule has 3 heterocycles. The second kappa shape index (κ2) is 6.11. The molecule has 2 aliphatic rings. The van der Waals surface area contributed by atoms with Crippen molar-refractivity contribution in [3.63, 3.8) is 0 Å². The topological polar surface area (TPSA) is 36.4 Å². The Bertz CT molecular complexity index is 603. The van der Waals surface area contributed by atoms with Gasteiger partial charge in [-0.3, -0.25) is 9.69 Å². The first-order valence-corrected chi connectivity index (χ1v) is 7.94.